The van der Waals surface area contributed by atoms with Gasteiger partial charge in [-0.15, -0.1) is 0 Å². The number of ether oxygens (including phenoxy) is 3. The van der Waals surface area contributed by atoms with E-state index in [9.17, 15) is 50.8 Å². The van der Waals surface area contributed by atoms with Gasteiger partial charge < -0.3 is 71.6 Å². The van der Waals surface area contributed by atoms with Gasteiger partial charge in [0.05, 0.1) is 13.2 Å². The summed E-state index contributed by atoms with van der Waals surface area (Å²) in [4.78, 5) is 11.9. The molecule has 15 heteroatoms. The lowest BCUT2D eigenvalue weighted by Gasteiger charge is -2.42. The second kappa shape index (κ2) is 11.1. The average Bonchev–Trinajstić information content (AvgIpc) is 3.04. The van der Waals surface area contributed by atoms with Crippen LogP contribution in [-0.4, -0.2) is 138 Å². The fourth-order valence-corrected chi connectivity index (χ4v) is 3.91. The van der Waals surface area contributed by atoms with E-state index < -0.39 is 85.6 Å². The monoisotopic (exact) mass is 486 g/mol. The largest absolute Gasteiger partial charge is 0.480 e. The zero-order chi connectivity index (χ0) is 25.1. The van der Waals surface area contributed by atoms with E-state index in [2.05, 4.69) is 0 Å². The molecule has 2 heterocycles. The second-order valence-corrected chi connectivity index (χ2v) is 8.36. The molecule has 194 valence electrons. The van der Waals surface area contributed by atoms with Crippen molar-refractivity contribution in [2.75, 3.05) is 19.8 Å². The third kappa shape index (κ3) is 5.46. The number of rotatable bonds is 11. The molecular formula is C18H34N2O13. The fourth-order valence-electron chi connectivity index (χ4n) is 3.91. The van der Waals surface area contributed by atoms with Gasteiger partial charge in [0, 0.05) is 0 Å². The number of aliphatic carboxylic acids is 1. The Morgan fingerprint density at radius 1 is 1.12 bits per heavy atom. The number of nitrogens with two attached hydrogens (primary N) is 2. The van der Waals surface area contributed by atoms with Gasteiger partial charge in [-0.3, -0.25) is 4.79 Å². The van der Waals surface area contributed by atoms with Crippen LogP contribution in [0.5, 0.6) is 0 Å². The van der Waals surface area contributed by atoms with Crippen LogP contribution in [0.4, 0.5) is 0 Å². The predicted octanol–water partition coefficient (Wildman–Crippen LogP) is -6.12. The third-order valence-corrected chi connectivity index (χ3v) is 6.09. The van der Waals surface area contributed by atoms with Crippen molar-refractivity contribution in [3.05, 3.63) is 0 Å². The van der Waals surface area contributed by atoms with Crippen molar-refractivity contribution in [2.45, 2.75) is 85.7 Å². The van der Waals surface area contributed by atoms with Gasteiger partial charge in [-0.2, -0.15) is 0 Å². The number of aliphatic hydroxyl groups is 8. The lowest BCUT2D eigenvalue weighted by Crippen LogP contribution is -2.64. The van der Waals surface area contributed by atoms with Gasteiger partial charge in [-0.1, -0.05) is 0 Å². The van der Waals surface area contributed by atoms with Crippen LogP contribution in [0.15, 0.2) is 0 Å². The minimum atomic E-state index is -2.71. The van der Waals surface area contributed by atoms with Gasteiger partial charge in [0.2, 0.25) is 5.79 Å². The highest BCUT2D eigenvalue weighted by atomic mass is 16.7. The van der Waals surface area contributed by atoms with E-state index in [-0.39, 0.29) is 19.4 Å². The number of carboxylic acid groups (broad SMARTS) is 1. The molecule has 0 saturated carbocycles. The van der Waals surface area contributed by atoms with Gasteiger partial charge in [0.25, 0.3) is 0 Å². The molecule has 4 unspecified atom stereocenters. The molecule has 0 aromatic carbocycles. The highest BCUT2D eigenvalue weighted by Gasteiger charge is 2.61. The molecule has 2 rings (SSSR count). The number of carbonyl (C=O) groups is 1. The summed E-state index contributed by atoms with van der Waals surface area (Å²) in [6, 6.07) is 0. The van der Waals surface area contributed by atoms with Crippen molar-refractivity contribution < 1.29 is 65.0 Å². The van der Waals surface area contributed by atoms with Crippen LogP contribution in [0.2, 0.25) is 0 Å². The number of carboxylic acids is 1. The van der Waals surface area contributed by atoms with Crippen molar-refractivity contribution >= 4 is 5.97 Å². The van der Waals surface area contributed by atoms with Gasteiger partial charge in [0.15, 0.2) is 6.29 Å². The zero-order valence-electron chi connectivity index (χ0n) is 17.8. The normalized spacial score (nSPS) is 42.1. The lowest BCUT2D eigenvalue weighted by atomic mass is 9.83. The number of aliphatic hydroxyl groups excluding tert-OH is 7. The topological polar surface area (TPSA) is 279 Å². The summed E-state index contributed by atoms with van der Waals surface area (Å²) < 4.78 is 15.8. The van der Waals surface area contributed by atoms with Crippen LogP contribution in [0.25, 0.3) is 0 Å². The molecular weight excluding hydrogens is 452 g/mol. The molecule has 0 aliphatic carbocycles. The first-order valence-electron chi connectivity index (χ1n) is 10.4. The molecule has 2 aliphatic heterocycles. The molecule has 13 N–H and O–H groups in total. The van der Waals surface area contributed by atoms with Gasteiger partial charge in [0.1, 0.15) is 54.4 Å². The van der Waals surface area contributed by atoms with Crippen LogP contribution in [0.1, 0.15) is 19.3 Å². The summed E-state index contributed by atoms with van der Waals surface area (Å²) in [5.41, 5.74) is 9.00. The minimum absolute atomic E-state index is 0.203. The number of hydrogen-bond donors (Lipinski definition) is 11. The molecule has 0 radical (unpaired) electrons. The average molecular weight is 486 g/mol. The number of hydrogen-bond acceptors (Lipinski definition) is 14. The standard InChI is InChI=1S/C18H34N2O13/c19-4-2-1-3-17(20,16(28)29)13(26)12-11(14(27)18(30,6-22)33-12)32-15-10(25)9(24)8(23)7(5-21)31-15/h7-15,21-27,30H,1-6,19-20H2,(H,28,29)/t7?,8-,9+,10-,11-,12?,13+,14+,15?,17?,18-/m1/s1. The predicted molar refractivity (Wildman–Crippen MR) is 105 cm³/mol. The first-order valence-corrected chi connectivity index (χ1v) is 10.4. The minimum Gasteiger partial charge on any atom is -0.480 e. The Hall–Kier alpha value is -1.05. The first-order chi connectivity index (χ1) is 15.4. The highest BCUT2D eigenvalue weighted by molar-refractivity contribution is 5.79. The van der Waals surface area contributed by atoms with E-state index >= 15 is 0 Å². The van der Waals surface area contributed by atoms with Crippen LogP contribution in [-0.2, 0) is 19.0 Å². The summed E-state index contributed by atoms with van der Waals surface area (Å²) in [7, 11) is 0. The Morgan fingerprint density at radius 3 is 2.27 bits per heavy atom. The first kappa shape index (κ1) is 28.2. The van der Waals surface area contributed by atoms with Gasteiger partial charge in [-0.25, -0.2) is 0 Å². The van der Waals surface area contributed by atoms with Crippen LogP contribution >= 0.6 is 0 Å². The van der Waals surface area contributed by atoms with Crippen molar-refractivity contribution in [1.82, 2.24) is 0 Å². The molecule has 0 spiro atoms. The van der Waals surface area contributed by atoms with Crippen molar-refractivity contribution in [3.63, 3.8) is 0 Å². The van der Waals surface area contributed by atoms with Crippen LogP contribution in [0, 0.1) is 0 Å². The van der Waals surface area contributed by atoms with E-state index in [1.54, 1.807) is 0 Å². The molecule has 0 amide bonds. The highest BCUT2D eigenvalue weighted by Crippen LogP contribution is 2.38. The Kier molecular flexibility index (Phi) is 9.50. The lowest BCUT2D eigenvalue weighted by molar-refractivity contribution is -0.320. The van der Waals surface area contributed by atoms with Crippen molar-refractivity contribution in [1.29, 1.82) is 0 Å². The molecule has 2 aliphatic rings. The summed E-state index contributed by atoms with van der Waals surface area (Å²) in [6.07, 6.45) is -16.3. The van der Waals surface area contributed by atoms with E-state index in [4.69, 9.17) is 25.7 Å². The van der Waals surface area contributed by atoms with Crippen LogP contribution in [0.3, 0.4) is 0 Å². The third-order valence-electron chi connectivity index (χ3n) is 6.09. The van der Waals surface area contributed by atoms with Crippen molar-refractivity contribution in [2.24, 2.45) is 11.5 Å². The molecule has 0 aromatic rings. The molecule has 11 atom stereocenters. The van der Waals surface area contributed by atoms with Gasteiger partial charge in [-0.05, 0) is 25.8 Å². The summed E-state index contributed by atoms with van der Waals surface area (Å²) in [5.74, 6) is -4.34. The number of unbranched alkanes of at least 4 members (excludes halogenated alkanes) is 1. The fraction of sp³-hybridized carbons (Fsp3) is 0.944. The summed E-state index contributed by atoms with van der Waals surface area (Å²) in [5, 5.41) is 90.3. The summed E-state index contributed by atoms with van der Waals surface area (Å²) in [6.45, 7) is -1.74. The molecule has 2 saturated heterocycles. The quantitative estimate of drug-likeness (QED) is 0.121. The van der Waals surface area contributed by atoms with Crippen LogP contribution < -0.4 is 11.5 Å². The van der Waals surface area contributed by atoms with E-state index in [0.717, 1.165) is 0 Å². The van der Waals surface area contributed by atoms with Crippen molar-refractivity contribution in [3.8, 4) is 0 Å². The van der Waals surface area contributed by atoms with E-state index in [0.29, 0.717) is 6.42 Å². The SMILES string of the molecule is NCCCCC(N)(C(=O)O)[C@@H](O)C1O[C@](O)(CO)[C@@H](O)[C@@H]1OC1OC(CO)[C@@H](O)[C@H](O)[C@H]1O. The molecule has 2 fully saturated rings. The second-order valence-electron chi connectivity index (χ2n) is 8.36. The van der Waals surface area contributed by atoms with E-state index in [1.807, 2.05) is 0 Å². The molecule has 0 aromatic heterocycles. The Labute approximate surface area is 188 Å². The van der Waals surface area contributed by atoms with E-state index in [1.165, 1.54) is 0 Å². The smallest absolute Gasteiger partial charge is 0.326 e. The maximum absolute atomic E-state index is 11.9. The Balaban J connectivity index is 2.34. The zero-order valence-corrected chi connectivity index (χ0v) is 17.8. The molecule has 33 heavy (non-hydrogen) atoms. The Morgan fingerprint density at radius 2 is 1.76 bits per heavy atom. The van der Waals surface area contributed by atoms with Gasteiger partial charge >= 0.3 is 5.97 Å². The maximum Gasteiger partial charge on any atom is 0.326 e. The Bertz CT molecular complexity index is 657. The maximum atomic E-state index is 11.9. The summed E-state index contributed by atoms with van der Waals surface area (Å²) >= 11 is 0. The molecule has 15 nitrogen and oxygen atoms in total. The molecule has 0 bridgehead atoms.